The highest BCUT2D eigenvalue weighted by atomic mass is 16.1. The third kappa shape index (κ3) is 2.66. The fourth-order valence-corrected chi connectivity index (χ4v) is 1.69. The van der Waals surface area contributed by atoms with Gasteiger partial charge in [0.05, 0.1) is 5.56 Å². The smallest absolute Gasteiger partial charge is 0.257 e. The summed E-state index contributed by atoms with van der Waals surface area (Å²) >= 11 is 0. The molecule has 1 heterocycles. The molecule has 0 fully saturated rings. The number of amides is 1. The number of nitrogen functional groups attached to an aromatic ring is 1. The van der Waals surface area contributed by atoms with Gasteiger partial charge in [-0.05, 0) is 36.2 Å². The molecule has 1 aromatic carbocycles. The highest BCUT2D eigenvalue weighted by molar-refractivity contribution is 6.04. The van der Waals surface area contributed by atoms with Gasteiger partial charge in [-0.3, -0.25) is 9.78 Å². The van der Waals surface area contributed by atoms with E-state index in [-0.39, 0.29) is 5.91 Å². The van der Waals surface area contributed by atoms with Crippen LogP contribution in [0.25, 0.3) is 0 Å². The third-order valence-corrected chi connectivity index (χ3v) is 2.71. The van der Waals surface area contributed by atoms with Crippen LogP contribution in [0, 0.1) is 0 Å². The van der Waals surface area contributed by atoms with Crippen LogP contribution >= 0.6 is 0 Å². The van der Waals surface area contributed by atoms with Crippen molar-refractivity contribution < 1.29 is 4.79 Å². The van der Waals surface area contributed by atoms with Crippen molar-refractivity contribution in [3.63, 3.8) is 0 Å². The highest BCUT2D eigenvalue weighted by Gasteiger charge is 2.06. The number of nitrogens with two attached hydrogens (primary N) is 1. The van der Waals surface area contributed by atoms with Crippen molar-refractivity contribution in [3.8, 4) is 0 Å². The van der Waals surface area contributed by atoms with Crippen molar-refractivity contribution in [2.24, 2.45) is 0 Å². The molecular weight excluding hydrogens is 226 g/mol. The van der Waals surface area contributed by atoms with Gasteiger partial charge in [-0.15, -0.1) is 0 Å². The van der Waals surface area contributed by atoms with Crippen molar-refractivity contribution in [2.75, 3.05) is 11.1 Å². The average molecular weight is 241 g/mol. The third-order valence-electron chi connectivity index (χ3n) is 2.71. The number of aromatic nitrogens is 1. The zero-order chi connectivity index (χ0) is 13.0. The lowest BCUT2D eigenvalue weighted by atomic mass is 10.1. The van der Waals surface area contributed by atoms with Gasteiger partial charge < -0.3 is 11.1 Å². The first kappa shape index (κ1) is 12.1. The largest absolute Gasteiger partial charge is 0.398 e. The zero-order valence-corrected chi connectivity index (χ0v) is 10.2. The molecule has 0 aliphatic carbocycles. The summed E-state index contributed by atoms with van der Waals surface area (Å²) in [6.07, 6.45) is 4.03. The highest BCUT2D eigenvalue weighted by Crippen LogP contribution is 2.18. The molecule has 0 radical (unpaired) electrons. The lowest BCUT2D eigenvalue weighted by molar-refractivity contribution is 0.102. The number of nitrogens with one attached hydrogen (secondary N) is 1. The van der Waals surface area contributed by atoms with Crippen molar-refractivity contribution in [2.45, 2.75) is 13.3 Å². The van der Waals surface area contributed by atoms with E-state index in [1.807, 2.05) is 19.1 Å². The summed E-state index contributed by atoms with van der Waals surface area (Å²) in [4.78, 5) is 15.8. The van der Waals surface area contributed by atoms with Crippen molar-refractivity contribution in [1.29, 1.82) is 0 Å². The number of hydrogen-bond acceptors (Lipinski definition) is 3. The number of pyridine rings is 1. The van der Waals surface area contributed by atoms with Crippen molar-refractivity contribution >= 4 is 17.3 Å². The van der Waals surface area contributed by atoms with E-state index in [0.717, 1.165) is 12.0 Å². The second-order valence-corrected chi connectivity index (χ2v) is 3.96. The molecule has 0 saturated heterocycles. The molecule has 1 amide bonds. The van der Waals surface area contributed by atoms with E-state index in [1.165, 1.54) is 6.20 Å². The van der Waals surface area contributed by atoms with Gasteiger partial charge in [0.1, 0.15) is 0 Å². The average Bonchev–Trinajstić information content (AvgIpc) is 2.40. The lowest BCUT2D eigenvalue weighted by Crippen LogP contribution is -2.12. The van der Waals surface area contributed by atoms with Crippen LogP contribution in [-0.4, -0.2) is 10.9 Å². The predicted molar refractivity (Wildman–Crippen MR) is 72.4 cm³/mol. The van der Waals surface area contributed by atoms with Gasteiger partial charge in [0, 0.05) is 23.8 Å². The Labute approximate surface area is 106 Å². The van der Waals surface area contributed by atoms with E-state index in [9.17, 15) is 4.79 Å². The Morgan fingerprint density at radius 1 is 1.39 bits per heavy atom. The summed E-state index contributed by atoms with van der Waals surface area (Å²) in [5, 5.41) is 2.79. The Balaban J connectivity index is 2.15. The molecule has 3 N–H and O–H groups in total. The summed E-state index contributed by atoms with van der Waals surface area (Å²) < 4.78 is 0. The number of benzene rings is 1. The Morgan fingerprint density at radius 3 is 2.83 bits per heavy atom. The predicted octanol–water partition coefficient (Wildman–Crippen LogP) is 2.48. The molecule has 0 spiro atoms. The first-order valence-electron chi connectivity index (χ1n) is 5.80. The maximum atomic E-state index is 11.9. The van der Waals surface area contributed by atoms with E-state index in [0.29, 0.717) is 16.9 Å². The maximum Gasteiger partial charge on any atom is 0.257 e. The van der Waals surface area contributed by atoms with Crippen LogP contribution in [0.3, 0.4) is 0 Å². The van der Waals surface area contributed by atoms with Crippen LogP contribution in [0.4, 0.5) is 11.4 Å². The van der Waals surface area contributed by atoms with Crippen LogP contribution in [-0.2, 0) is 6.42 Å². The molecule has 92 valence electrons. The topological polar surface area (TPSA) is 68.0 Å². The minimum Gasteiger partial charge on any atom is -0.398 e. The molecule has 0 unspecified atom stereocenters. The molecule has 0 aliphatic rings. The molecule has 0 atom stereocenters. The van der Waals surface area contributed by atoms with E-state index < -0.39 is 0 Å². The summed E-state index contributed by atoms with van der Waals surface area (Å²) in [6.45, 7) is 2.04. The molecule has 2 aromatic rings. The Kier molecular flexibility index (Phi) is 3.57. The minimum atomic E-state index is -0.188. The van der Waals surface area contributed by atoms with Gasteiger partial charge >= 0.3 is 0 Å². The van der Waals surface area contributed by atoms with Gasteiger partial charge in [0.15, 0.2) is 0 Å². The molecule has 1 aromatic heterocycles. The fraction of sp³-hybridized carbons (Fsp3) is 0.143. The molecule has 0 aliphatic heterocycles. The number of carbonyl (C=O) groups is 1. The van der Waals surface area contributed by atoms with Gasteiger partial charge in [0.25, 0.3) is 5.91 Å². The quantitative estimate of drug-likeness (QED) is 0.811. The van der Waals surface area contributed by atoms with E-state index in [2.05, 4.69) is 10.3 Å². The van der Waals surface area contributed by atoms with Crippen LogP contribution in [0.5, 0.6) is 0 Å². The lowest BCUT2D eigenvalue weighted by Gasteiger charge is -2.08. The molecule has 2 rings (SSSR count). The molecular formula is C14H15N3O. The Morgan fingerprint density at radius 2 is 2.22 bits per heavy atom. The molecule has 0 saturated carbocycles. The van der Waals surface area contributed by atoms with Crippen LogP contribution in [0.1, 0.15) is 22.8 Å². The fourth-order valence-electron chi connectivity index (χ4n) is 1.69. The second kappa shape index (κ2) is 5.31. The molecule has 0 bridgehead atoms. The monoisotopic (exact) mass is 241 g/mol. The maximum absolute atomic E-state index is 11.9. The van der Waals surface area contributed by atoms with Crippen LogP contribution < -0.4 is 11.1 Å². The summed E-state index contributed by atoms with van der Waals surface area (Å²) in [7, 11) is 0. The number of aryl methyl sites for hydroxylation is 1. The van der Waals surface area contributed by atoms with Crippen molar-refractivity contribution in [1.82, 2.24) is 4.98 Å². The minimum absolute atomic E-state index is 0.188. The SMILES string of the molecule is CCc1ccc(NC(=O)c2cccnc2)cc1N. The number of carbonyl (C=O) groups excluding carboxylic acids is 1. The van der Waals surface area contributed by atoms with Crippen LogP contribution in [0.2, 0.25) is 0 Å². The van der Waals surface area contributed by atoms with Gasteiger partial charge in [-0.2, -0.15) is 0 Å². The first-order chi connectivity index (χ1) is 8.70. The summed E-state index contributed by atoms with van der Waals surface area (Å²) in [5.41, 5.74) is 8.87. The summed E-state index contributed by atoms with van der Waals surface area (Å²) in [6, 6.07) is 8.99. The van der Waals surface area contributed by atoms with E-state index in [1.54, 1.807) is 24.4 Å². The standard InChI is InChI=1S/C14H15N3O/c1-2-10-5-6-12(8-13(10)15)17-14(18)11-4-3-7-16-9-11/h3-9H,2,15H2,1H3,(H,17,18). The second-order valence-electron chi connectivity index (χ2n) is 3.96. The molecule has 4 nitrogen and oxygen atoms in total. The van der Waals surface area contributed by atoms with Crippen LogP contribution in [0.15, 0.2) is 42.7 Å². The number of hydrogen-bond donors (Lipinski definition) is 2. The van der Waals surface area contributed by atoms with Gasteiger partial charge in [-0.1, -0.05) is 13.0 Å². The normalized spacial score (nSPS) is 10.1. The zero-order valence-electron chi connectivity index (χ0n) is 10.2. The molecule has 4 heteroatoms. The Hall–Kier alpha value is -2.36. The number of nitrogens with zero attached hydrogens (tertiary/aromatic N) is 1. The van der Waals surface area contributed by atoms with Gasteiger partial charge in [-0.25, -0.2) is 0 Å². The van der Waals surface area contributed by atoms with E-state index >= 15 is 0 Å². The number of anilines is 2. The number of rotatable bonds is 3. The van der Waals surface area contributed by atoms with Gasteiger partial charge in [0.2, 0.25) is 0 Å². The molecule has 18 heavy (non-hydrogen) atoms. The first-order valence-corrected chi connectivity index (χ1v) is 5.80. The van der Waals surface area contributed by atoms with Crippen molar-refractivity contribution in [3.05, 3.63) is 53.9 Å². The Bertz CT molecular complexity index is 552. The summed E-state index contributed by atoms with van der Waals surface area (Å²) in [5.74, 6) is -0.188. The van der Waals surface area contributed by atoms with E-state index in [4.69, 9.17) is 5.73 Å².